The summed E-state index contributed by atoms with van der Waals surface area (Å²) in [5.74, 6) is 1.00. The Morgan fingerprint density at radius 2 is 1.91 bits per heavy atom. The number of nitrogens with one attached hydrogen (secondary N) is 1. The van der Waals surface area contributed by atoms with Crippen molar-refractivity contribution in [3.05, 3.63) is 53.1 Å². The molecule has 2 aromatic rings. The second-order valence-electron chi connectivity index (χ2n) is 4.89. The number of carbonyl (C=O) groups is 1. The summed E-state index contributed by atoms with van der Waals surface area (Å²) in [6.07, 6.45) is -0.646. The number of hydrogen-bond acceptors (Lipinski definition) is 3. The Balaban J connectivity index is 2.00. The van der Waals surface area contributed by atoms with Crippen LogP contribution in [0.2, 0.25) is 5.02 Å². The molecule has 0 aliphatic rings. The normalized spacial score (nSPS) is 11.6. The maximum absolute atomic E-state index is 12.2. The minimum Gasteiger partial charge on any atom is -0.497 e. The molecule has 5 heteroatoms. The molecule has 1 N–H and O–H groups in total. The molecule has 0 heterocycles. The van der Waals surface area contributed by atoms with Gasteiger partial charge in [-0.2, -0.15) is 0 Å². The molecule has 1 amide bonds. The number of carbonyl (C=O) groups excluding carboxylic acids is 1. The van der Waals surface area contributed by atoms with Crippen molar-refractivity contribution < 1.29 is 14.3 Å². The molecule has 0 aliphatic carbocycles. The molecule has 0 aliphatic heterocycles. The highest BCUT2D eigenvalue weighted by molar-refractivity contribution is 6.31. The van der Waals surface area contributed by atoms with Gasteiger partial charge in [-0.3, -0.25) is 4.79 Å². The molecule has 0 fully saturated rings. The smallest absolute Gasteiger partial charge is 0.265 e. The summed E-state index contributed by atoms with van der Waals surface area (Å²) in [5.41, 5.74) is 1.60. The maximum atomic E-state index is 12.2. The molecular weight excluding hydrogens is 302 g/mol. The van der Waals surface area contributed by atoms with Crippen LogP contribution in [0, 0.1) is 6.92 Å². The van der Waals surface area contributed by atoms with Gasteiger partial charge in [-0.05, 0) is 43.7 Å². The summed E-state index contributed by atoms with van der Waals surface area (Å²) in [5, 5.41) is 3.39. The molecule has 0 spiro atoms. The van der Waals surface area contributed by atoms with E-state index in [1.807, 2.05) is 19.1 Å². The quantitative estimate of drug-likeness (QED) is 0.904. The van der Waals surface area contributed by atoms with Gasteiger partial charge in [-0.15, -0.1) is 0 Å². The second-order valence-corrected chi connectivity index (χ2v) is 5.30. The third-order valence-corrected chi connectivity index (χ3v) is 3.57. The van der Waals surface area contributed by atoms with E-state index in [-0.39, 0.29) is 5.91 Å². The number of anilines is 1. The lowest BCUT2D eigenvalue weighted by atomic mass is 10.2. The second kappa shape index (κ2) is 7.18. The molecule has 0 aromatic heterocycles. The van der Waals surface area contributed by atoms with Crippen molar-refractivity contribution in [1.82, 2.24) is 0 Å². The predicted molar refractivity (Wildman–Crippen MR) is 87.9 cm³/mol. The van der Waals surface area contributed by atoms with Crippen LogP contribution in [-0.2, 0) is 4.79 Å². The van der Waals surface area contributed by atoms with Crippen LogP contribution in [0.25, 0.3) is 0 Å². The first-order valence-corrected chi connectivity index (χ1v) is 7.25. The zero-order chi connectivity index (χ0) is 16.1. The van der Waals surface area contributed by atoms with Crippen molar-refractivity contribution in [3.63, 3.8) is 0 Å². The third kappa shape index (κ3) is 4.15. The van der Waals surface area contributed by atoms with Gasteiger partial charge in [0.1, 0.15) is 11.5 Å². The molecule has 0 saturated heterocycles. The van der Waals surface area contributed by atoms with Gasteiger partial charge < -0.3 is 14.8 Å². The average Bonchev–Trinajstić information content (AvgIpc) is 2.51. The van der Waals surface area contributed by atoms with Gasteiger partial charge in [0.05, 0.1) is 7.11 Å². The topological polar surface area (TPSA) is 47.6 Å². The third-order valence-electron chi connectivity index (χ3n) is 3.16. The molecule has 0 saturated carbocycles. The Bertz CT molecular complexity index is 673. The summed E-state index contributed by atoms with van der Waals surface area (Å²) in [6, 6.07) is 12.5. The number of hydrogen-bond donors (Lipinski definition) is 1. The van der Waals surface area contributed by atoms with Crippen LogP contribution in [0.15, 0.2) is 42.5 Å². The van der Waals surface area contributed by atoms with Gasteiger partial charge in [0.15, 0.2) is 6.10 Å². The highest BCUT2D eigenvalue weighted by Gasteiger charge is 2.15. The number of halogens is 1. The molecule has 0 radical (unpaired) electrons. The van der Waals surface area contributed by atoms with Crippen LogP contribution in [0.5, 0.6) is 11.5 Å². The first-order valence-electron chi connectivity index (χ1n) is 6.87. The van der Waals surface area contributed by atoms with E-state index in [1.165, 1.54) is 0 Å². The Hall–Kier alpha value is -2.20. The highest BCUT2D eigenvalue weighted by Crippen LogP contribution is 2.22. The van der Waals surface area contributed by atoms with Crippen LogP contribution in [-0.4, -0.2) is 19.1 Å². The molecule has 0 unspecified atom stereocenters. The number of amides is 1. The van der Waals surface area contributed by atoms with Crippen molar-refractivity contribution >= 4 is 23.2 Å². The van der Waals surface area contributed by atoms with Crippen LogP contribution in [0.3, 0.4) is 0 Å². The maximum Gasteiger partial charge on any atom is 0.265 e. The molecule has 2 aromatic carbocycles. The standard InChI is InChI=1S/C17H18ClNO3/c1-11-7-8-13(9-16(11)18)19-17(20)12(2)22-15-6-4-5-14(10-15)21-3/h4-10,12H,1-3H3,(H,19,20)/t12-/m0/s1. The van der Waals surface area contributed by atoms with E-state index < -0.39 is 6.10 Å². The molecule has 116 valence electrons. The molecule has 22 heavy (non-hydrogen) atoms. The summed E-state index contributed by atoms with van der Waals surface area (Å²) in [6.45, 7) is 3.59. The zero-order valence-corrected chi connectivity index (χ0v) is 13.5. The first kappa shape index (κ1) is 16.2. The minimum atomic E-state index is -0.646. The Labute approximate surface area is 135 Å². The van der Waals surface area contributed by atoms with Crippen molar-refractivity contribution in [2.45, 2.75) is 20.0 Å². The van der Waals surface area contributed by atoms with Crippen molar-refractivity contribution in [3.8, 4) is 11.5 Å². The van der Waals surface area contributed by atoms with E-state index >= 15 is 0 Å². The van der Waals surface area contributed by atoms with Crippen LogP contribution >= 0.6 is 11.6 Å². The minimum absolute atomic E-state index is 0.247. The van der Waals surface area contributed by atoms with Crippen molar-refractivity contribution in [2.24, 2.45) is 0 Å². The van der Waals surface area contributed by atoms with Crippen molar-refractivity contribution in [2.75, 3.05) is 12.4 Å². The summed E-state index contributed by atoms with van der Waals surface area (Å²) >= 11 is 6.04. The zero-order valence-electron chi connectivity index (χ0n) is 12.7. The lowest BCUT2D eigenvalue weighted by molar-refractivity contribution is -0.122. The fraction of sp³-hybridized carbons (Fsp3) is 0.235. The Kier molecular flexibility index (Phi) is 5.28. The number of rotatable bonds is 5. The summed E-state index contributed by atoms with van der Waals surface area (Å²) in [7, 11) is 1.58. The van der Waals surface area contributed by atoms with E-state index in [0.29, 0.717) is 22.2 Å². The Morgan fingerprint density at radius 3 is 2.59 bits per heavy atom. The number of ether oxygens (including phenoxy) is 2. The number of benzene rings is 2. The summed E-state index contributed by atoms with van der Waals surface area (Å²) in [4.78, 5) is 12.2. The molecule has 1 atom stereocenters. The SMILES string of the molecule is COc1cccc(O[C@@H](C)C(=O)Nc2ccc(C)c(Cl)c2)c1. The first-order chi connectivity index (χ1) is 10.5. The van der Waals surface area contributed by atoms with E-state index in [4.69, 9.17) is 21.1 Å². The molecular formula is C17H18ClNO3. The fourth-order valence-corrected chi connectivity index (χ4v) is 2.03. The largest absolute Gasteiger partial charge is 0.497 e. The van der Waals surface area contributed by atoms with Crippen LogP contribution in [0.4, 0.5) is 5.69 Å². The van der Waals surface area contributed by atoms with Gasteiger partial charge in [0.2, 0.25) is 0 Å². The van der Waals surface area contributed by atoms with Crippen LogP contribution in [0.1, 0.15) is 12.5 Å². The van der Waals surface area contributed by atoms with Gasteiger partial charge in [-0.25, -0.2) is 0 Å². The van der Waals surface area contributed by atoms with Crippen molar-refractivity contribution in [1.29, 1.82) is 0 Å². The molecule has 0 bridgehead atoms. The van der Waals surface area contributed by atoms with E-state index in [0.717, 1.165) is 5.56 Å². The summed E-state index contributed by atoms with van der Waals surface area (Å²) < 4.78 is 10.7. The average molecular weight is 320 g/mol. The van der Waals surface area contributed by atoms with Gasteiger partial charge in [0, 0.05) is 16.8 Å². The van der Waals surface area contributed by atoms with E-state index in [2.05, 4.69) is 5.32 Å². The lowest BCUT2D eigenvalue weighted by Gasteiger charge is -2.15. The van der Waals surface area contributed by atoms with Gasteiger partial charge in [0.25, 0.3) is 5.91 Å². The predicted octanol–water partition coefficient (Wildman–Crippen LogP) is 4.06. The number of methoxy groups -OCH3 is 1. The Morgan fingerprint density at radius 1 is 1.18 bits per heavy atom. The highest BCUT2D eigenvalue weighted by atomic mass is 35.5. The van der Waals surface area contributed by atoms with Gasteiger partial charge in [-0.1, -0.05) is 23.7 Å². The number of aryl methyl sites for hydroxylation is 1. The lowest BCUT2D eigenvalue weighted by Crippen LogP contribution is -2.30. The van der Waals surface area contributed by atoms with Gasteiger partial charge >= 0.3 is 0 Å². The van der Waals surface area contributed by atoms with E-state index in [9.17, 15) is 4.79 Å². The molecule has 2 rings (SSSR count). The van der Waals surface area contributed by atoms with Crippen LogP contribution < -0.4 is 14.8 Å². The van der Waals surface area contributed by atoms with E-state index in [1.54, 1.807) is 44.4 Å². The monoisotopic (exact) mass is 319 g/mol. The molecule has 4 nitrogen and oxygen atoms in total. The fourth-order valence-electron chi connectivity index (χ4n) is 1.85.